The highest BCUT2D eigenvalue weighted by Gasteiger charge is 2.39. The van der Waals surface area contributed by atoms with Crippen LogP contribution in [0.4, 0.5) is 5.69 Å². The highest BCUT2D eigenvalue weighted by Crippen LogP contribution is 2.40. The van der Waals surface area contributed by atoms with Gasteiger partial charge in [0.25, 0.3) is 0 Å². The van der Waals surface area contributed by atoms with Gasteiger partial charge in [0.2, 0.25) is 5.91 Å². The van der Waals surface area contributed by atoms with Crippen molar-refractivity contribution in [2.75, 3.05) is 25.0 Å². The number of ether oxygens (including phenoxy) is 1. The van der Waals surface area contributed by atoms with Gasteiger partial charge < -0.3 is 15.4 Å². The normalized spacial score (nSPS) is 22.7. The summed E-state index contributed by atoms with van der Waals surface area (Å²) in [5, 5.41) is 6.24. The number of nitrogens with one attached hydrogen (secondary N) is 2. The summed E-state index contributed by atoms with van der Waals surface area (Å²) in [6, 6.07) is 7.96. The summed E-state index contributed by atoms with van der Waals surface area (Å²) in [4.78, 5) is 11.6. The van der Waals surface area contributed by atoms with Crippen LogP contribution in [0.25, 0.3) is 0 Å². The number of carbonyl (C=O) groups excluding carboxylic acids is 1. The van der Waals surface area contributed by atoms with Gasteiger partial charge in [-0.15, -0.1) is 0 Å². The maximum Gasteiger partial charge on any atom is 0.250 e. The number of hydrogen-bond acceptors (Lipinski definition) is 3. The minimum Gasteiger partial charge on any atom is -0.360 e. The van der Waals surface area contributed by atoms with Crippen molar-refractivity contribution in [3.8, 4) is 0 Å². The average Bonchev–Trinajstić information content (AvgIpc) is 2.50. The Labute approximate surface area is 100 Å². The van der Waals surface area contributed by atoms with Gasteiger partial charge in [-0.3, -0.25) is 4.79 Å². The molecule has 0 aliphatic carbocycles. The zero-order chi connectivity index (χ0) is 11.7. The topological polar surface area (TPSA) is 50.4 Å². The molecule has 1 fully saturated rings. The first-order chi connectivity index (χ1) is 8.30. The smallest absolute Gasteiger partial charge is 0.250 e. The lowest BCUT2D eigenvalue weighted by molar-refractivity contribution is -0.130. The van der Waals surface area contributed by atoms with E-state index >= 15 is 0 Å². The fraction of sp³-hybridized carbons (Fsp3) is 0.462. The molecule has 2 heterocycles. The fourth-order valence-corrected chi connectivity index (χ4v) is 2.70. The third kappa shape index (κ3) is 1.83. The molecule has 3 rings (SSSR count). The van der Waals surface area contributed by atoms with Crippen molar-refractivity contribution >= 4 is 11.6 Å². The molecule has 90 valence electrons. The van der Waals surface area contributed by atoms with Gasteiger partial charge in [0.15, 0.2) is 0 Å². The van der Waals surface area contributed by atoms with Crippen molar-refractivity contribution in [2.45, 2.75) is 18.4 Å². The molecule has 0 atom stereocenters. The molecule has 2 N–H and O–H groups in total. The number of para-hydroxylation sites is 1. The molecule has 1 spiro atoms. The Hall–Kier alpha value is -1.39. The van der Waals surface area contributed by atoms with Crippen LogP contribution in [0, 0.1) is 0 Å². The molecule has 4 nitrogen and oxygen atoms in total. The lowest BCUT2D eigenvalue weighted by Crippen LogP contribution is -2.42. The number of carbonyl (C=O) groups is 1. The van der Waals surface area contributed by atoms with E-state index in [-0.39, 0.29) is 18.1 Å². The highest BCUT2D eigenvalue weighted by atomic mass is 16.5. The van der Waals surface area contributed by atoms with E-state index in [1.54, 1.807) is 0 Å². The van der Waals surface area contributed by atoms with Crippen molar-refractivity contribution in [1.82, 2.24) is 5.32 Å². The molecular weight excluding hydrogens is 216 g/mol. The molecule has 2 aliphatic heterocycles. The number of benzene rings is 1. The number of rotatable bonds is 0. The molecule has 1 saturated heterocycles. The summed E-state index contributed by atoms with van der Waals surface area (Å²) in [5.41, 5.74) is 1.73. The Bertz CT molecular complexity index is 439. The van der Waals surface area contributed by atoms with E-state index < -0.39 is 0 Å². The van der Waals surface area contributed by atoms with Gasteiger partial charge in [-0.1, -0.05) is 18.2 Å². The zero-order valence-corrected chi connectivity index (χ0v) is 9.66. The van der Waals surface area contributed by atoms with Gasteiger partial charge in [-0.25, -0.2) is 0 Å². The second kappa shape index (κ2) is 4.13. The van der Waals surface area contributed by atoms with Crippen molar-refractivity contribution in [1.29, 1.82) is 0 Å². The summed E-state index contributed by atoms with van der Waals surface area (Å²) in [5.74, 6) is -0.0622. The fourth-order valence-electron chi connectivity index (χ4n) is 2.70. The highest BCUT2D eigenvalue weighted by molar-refractivity contribution is 5.93. The molecule has 0 saturated carbocycles. The average molecular weight is 232 g/mol. The minimum atomic E-state index is -0.291. The largest absolute Gasteiger partial charge is 0.360 e. The van der Waals surface area contributed by atoms with Crippen molar-refractivity contribution in [3.63, 3.8) is 0 Å². The molecular formula is C13H16N2O2. The first-order valence-corrected chi connectivity index (χ1v) is 6.04. The molecule has 1 amide bonds. The van der Waals surface area contributed by atoms with E-state index in [0.717, 1.165) is 37.2 Å². The van der Waals surface area contributed by atoms with E-state index in [2.05, 4.69) is 16.7 Å². The van der Waals surface area contributed by atoms with E-state index in [9.17, 15) is 4.79 Å². The Morgan fingerprint density at radius 2 is 1.94 bits per heavy atom. The molecule has 1 aromatic rings. The van der Waals surface area contributed by atoms with Crippen molar-refractivity contribution in [3.05, 3.63) is 29.8 Å². The zero-order valence-electron chi connectivity index (χ0n) is 9.66. The third-order valence-corrected chi connectivity index (χ3v) is 3.58. The molecule has 0 aromatic heterocycles. The molecule has 2 aliphatic rings. The van der Waals surface area contributed by atoms with E-state index in [1.807, 2.05) is 18.2 Å². The predicted octanol–water partition coefficient (Wildman–Crippen LogP) is 1.23. The van der Waals surface area contributed by atoms with Crippen molar-refractivity contribution < 1.29 is 9.53 Å². The maximum absolute atomic E-state index is 11.6. The van der Waals surface area contributed by atoms with Gasteiger partial charge in [-0.2, -0.15) is 0 Å². The number of amides is 1. The summed E-state index contributed by atoms with van der Waals surface area (Å²) in [6.07, 6.45) is 1.83. The van der Waals surface area contributed by atoms with Crippen LogP contribution < -0.4 is 10.6 Å². The Morgan fingerprint density at radius 1 is 1.18 bits per heavy atom. The first-order valence-electron chi connectivity index (χ1n) is 6.04. The summed E-state index contributed by atoms with van der Waals surface area (Å²) < 4.78 is 5.92. The minimum absolute atomic E-state index is 0.0622. The van der Waals surface area contributed by atoms with Gasteiger partial charge in [0.1, 0.15) is 6.61 Å². The molecule has 0 bridgehead atoms. The molecule has 17 heavy (non-hydrogen) atoms. The number of anilines is 1. The van der Waals surface area contributed by atoms with Crippen molar-refractivity contribution in [2.24, 2.45) is 0 Å². The number of piperidine rings is 1. The van der Waals surface area contributed by atoms with Crippen LogP contribution in [-0.4, -0.2) is 25.6 Å². The Balaban J connectivity index is 2.07. The van der Waals surface area contributed by atoms with Crippen LogP contribution >= 0.6 is 0 Å². The van der Waals surface area contributed by atoms with E-state index in [1.165, 1.54) is 0 Å². The quantitative estimate of drug-likeness (QED) is 0.707. The lowest BCUT2D eigenvalue weighted by atomic mass is 9.84. The number of hydrogen-bond donors (Lipinski definition) is 2. The van der Waals surface area contributed by atoms with Gasteiger partial charge in [-0.05, 0) is 32.0 Å². The molecule has 0 unspecified atom stereocenters. The molecule has 0 radical (unpaired) electrons. The second-order valence-corrected chi connectivity index (χ2v) is 4.63. The second-order valence-electron chi connectivity index (χ2n) is 4.63. The maximum atomic E-state index is 11.6. The Kier molecular flexibility index (Phi) is 2.61. The van der Waals surface area contributed by atoms with Gasteiger partial charge in [0.05, 0.1) is 5.60 Å². The molecule has 1 aromatic carbocycles. The number of fused-ring (bicyclic) bond motifs is 2. The van der Waals surface area contributed by atoms with Gasteiger partial charge >= 0.3 is 0 Å². The molecule has 4 heteroatoms. The van der Waals surface area contributed by atoms with Crippen LogP contribution in [-0.2, 0) is 15.1 Å². The summed E-state index contributed by atoms with van der Waals surface area (Å²) in [7, 11) is 0. The third-order valence-electron chi connectivity index (χ3n) is 3.58. The van der Waals surface area contributed by atoms with Gasteiger partial charge in [0, 0.05) is 11.3 Å². The van der Waals surface area contributed by atoms with Crippen LogP contribution in [0.3, 0.4) is 0 Å². The lowest BCUT2D eigenvalue weighted by Gasteiger charge is -2.37. The van der Waals surface area contributed by atoms with Crippen LogP contribution in [0.5, 0.6) is 0 Å². The predicted molar refractivity (Wildman–Crippen MR) is 64.8 cm³/mol. The van der Waals surface area contributed by atoms with E-state index in [4.69, 9.17) is 4.74 Å². The van der Waals surface area contributed by atoms with Crippen LogP contribution in [0.15, 0.2) is 24.3 Å². The standard InChI is InChI=1S/C13H16N2O2/c16-12-9-17-13(5-7-14-8-6-13)10-3-1-2-4-11(10)15-12/h1-4,14H,5-9H2,(H,15,16). The summed E-state index contributed by atoms with van der Waals surface area (Å²) in [6.45, 7) is 2.01. The SMILES string of the molecule is O=C1COC2(CCNCC2)c2ccccc2N1. The van der Waals surface area contributed by atoms with Crippen LogP contribution in [0.1, 0.15) is 18.4 Å². The Morgan fingerprint density at radius 3 is 2.76 bits per heavy atom. The summed E-state index contributed by atoms with van der Waals surface area (Å²) >= 11 is 0. The van der Waals surface area contributed by atoms with Crippen LogP contribution in [0.2, 0.25) is 0 Å². The van der Waals surface area contributed by atoms with E-state index in [0.29, 0.717) is 0 Å². The monoisotopic (exact) mass is 232 g/mol. The first kappa shape index (κ1) is 10.7.